The minimum Gasteiger partial charge on any atom is -0.344 e. The van der Waals surface area contributed by atoms with Crippen molar-refractivity contribution < 1.29 is 0 Å². The number of rotatable bonds is 1. The number of hydrogen-bond donors (Lipinski definition) is 1. The highest BCUT2D eigenvalue weighted by Gasteiger charge is 2.22. The van der Waals surface area contributed by atoms with Crippen LogP contribution in [-0.2, 0) is 12.8 Å². The SMILES string of the molecule is CCc1nc2c([nH]1)Cc1nccn1-2. The predicted octanol–water partition coefficient (Wildman–Crippen LogP) is 1.06. The first kappa shape index (κ1) is 6.88. The highest BCUT2D eigenvalue weighted by Crippen LogP contribution is 2.23. The fourth-order valence-electron chi connectivity index (χ4n) is 1.76. The topological polar surface area (TPSA) is 46.5 Å². The molecular formula is C9H10N4. The number of aromatic nitrogens is 4. The molecule has 3 rings (SSSR count). The van der Waals surface area contributed by atoms with E-state index in [0.717, 1.165) is 30.3 Å². The van der Waals surface area contributed by atoms with Gasteiger partial charge in [0.25, 0.3) is 0 Å². The molecule has 0 aromatic carbocycles. The van der Waals surface area contributed by atoms with Gasteiger partial charge >= 0.3 is 0 Å². The molecule has 2 aromatic rings. The number of nitrogens with zero attached hydrogens (tertiary/aromatic N) is 3. The van der Waals surface area contributed by atoms with Gasteiger partial charge in [-0.25, -0.2) is 9.97 Å². The largest absolute Gasteiger partial charge is 0.344 e. The van der Waals surface area contributed by atoms with E-state index in [-0.39, 0.29) is 0 Å². The molecule has 66 valence electrons. The highest BCUT2D eigenvalue weighted by atomic mass is 15.2. The van der Waals surface area contributed by atoms with Crippen molar-refractivity contribution in [2.24, 2.45) is 0 Å². The van der Waals surface area contributed by atoms with Crippen LogP contribution in [-0.4, -0.2) is 19.5 Å². The molecule has 0 unspecified atom stereocenters. The molecular weight excluding hydrogens is 164 g/mol. The second-order valence-electron chi connectivity index (χ2n) is 3.23. The molecule has 3 heterocycles. The van der Waals surface area contributed by atoms with E-state index in [1.165, 1.54) is 5.69 Å². The molecule has 0 saturated carbocycles. The Bertz CT molecular complexity index is 452. The number of hydrogen-bond acceptors (Lipinski definition) is 2. The van der Waals surface area contributed by atoms with E-state index in [9.17, 15) is 0 Å². The number of imidazole rings is 2. The summed E-state index contributed by atoms with van der Waals surface area (Å²) in [4.78, 5) is 12.0. The maximum absolute atomic E-state index is 4.49. The van der Waals surface area contributed by atoms with Gasteiger partial charge in [-0.05, 0) is 0 Å². The van der Waals surface area contributed by atoms with E-state index in [4.69, 9.17) is 0 Å². The second kappa shape index (κ2) is 2.22. The summed E-state index contributed by atoms with van der Waals surface area (Å²) in [6.07, 6.45) is 5.62. The number of H-pyrrole nitrogens is 1. The fraction of sp³-hybridized carbons (Fsp3) is 0.333. The number of aromatic amines is 1. The summed E-state index contributed by atoms with van der Waals surface area (Å²) in [5.41, 5.74) is 1.19. The Morgan fingerprint density at radius 2 is 2.54 bits per heavy atom. The third kappa shape index (κ3) is 0.798. The molecule has 0 radical (unpaired) electrons. The monoisotopic (exact) mass is 174 g/mol. The Labute approximate surface area is 75.6 Å². The fourth-order valence-corrected chi connectivity index (χ4v) is 1.76. The van der Waals surface area contributed by atoms with Crippen molar-refractivity contribution >= 4 is 0 Å². The average Bonchev–Trinajstić information content (AvgIpc) is 2.72. The molecule has 13 heavy (non-hydrogen) atoms. The summed E-state index contributed by atoms with van der Waals surface area (Å²) in [7, 11) is 0. The van der Waals surface area contributed by atoms with Gasteiger partial charge in [-0.15, -0.1) is 0 Å². The van der Waals surface area contributed by atoms with Crippen LogP contribution in [0.4, 0.5) is 0 Å². The van der Waals surface area contributed by atoms with E-state index >= 15 is 0 Å². The molecule has 0 aliphatic carbocycles. The maximum atomic E-state index is 4.49. The third-order valence-corrected chi connectivity index (χ3v) is 2.42. The van der Waals surface area contributed by atoms with Gasteiger partial charge in [0.15, 0.2) is 5.82 Å². The first-order chi connectivity index (χ1) is 6.38. The molecule has 0 spiro atoms. The summed E-state index contributed by atoms with van der Waals surface area (Å²) >= 11 is 0. The van der Waals surface area contributed by atoms with Crippen LogP contribution in [0.15, 0.2) is 12.4 Å². The average molecular weight is 174 g/mol. The van der Waals surface area contributed by atoms with Gasteiger partial charge in [-0.2, -0.15) is 0 Å². The molecule has 4 heteroatoms. The highest BCUT2D eigenvalue weighted by molar-refractivity contribution is 5.40. The van der Waals surface area contributed by atoms with Gasteiger partial charge in [-0.3, -0.25) is 4.57 Å². The molecule has 0 atom stereocenters. The molecule has 1 aliphatic heterocycles. The van der Waals surface area contributed by atoms with Gasteiger partial charge in [0, 0.05) is 18.8 Å². The second-order valence-corrected chi connectivity index (χ2v) is 3.23. The minimum atomic E-state index is 0.884. The minimum absolute atomic E-state index is 0.884. The molecule has 4 nitrogen and oxygen atoms in total. The lowest BCUT2D eigenvalue weighted by atomic mass is 10.3. The van der Waals surface area contributed by atoms with Crippen molar-refractivity contribution in [3.8, 4) is 5.82 Å². The summed E-state index contributed by atoms with van der Waals surface area (Å²) < 4.78 is 2.05. The van der Waals surface area contributed by atoms with E-state index in [1.54, 1.807) is 0 Å². The van der Waals surface area contributed by atoms with E-state index in [2.05, 4.69) is 21.9 Å². The van der Waals surface area contributed by atoms with Crippen molar-refractivity contribution in [3.63, 3.8) is 0 Å². The Morgan fingerprint density at radius 1 is 1.62 bits per heavy atom. The van der Waals surface area contributed by atoms with Crippen LogP contribution in [0.1, 0.15) is 24.3 Å². The molecule has 0 fully saturated rings. The van der Waals surface area contributed by atoms with Crippen molar-refractivity contribution in [2.45, 2.75) is 19.8 Å². The zero-order valence-electron chi connectivity index (χ0n) is 7.41. The van der Waals surface area contributed by atoms with Crippen LogP contribution in [0.2, 0.25) is 0 Å². The summed E-state index contributed by atoms with van der Waals surface area (Å²) in [5, 5.41) is 0. The van der Waals surface area contributed by atoms with Gasteiger partial charge in [0.05, 0.1) is 12.1 Å². The number of nitrogens with one attached hydrogen (secondary N) is 1. The Kier molecular flexibility index (Phi) is 1.17. The lowest BCUT2D eigenvalue weighted by Crippen LogP contribution is -1.93. The zero-order chi connectivity index (χ0) is 8.84. The van der Waals surface area contributed by atoms with E-state index < -0.39 is 0 Å². The van der Waals surface area contributed by atoms with E-state index in [1.807, 2.05) is 17.0 Å². The lowest BCUT2D eigenvalue weighted by Gasteiger charge is -1.93. The normalized spacial score (nSPS) is 13.0. The van der Waals surface area contributed by atoms with Crippen molar-refractivity contribution in [2.75, 3.05) is 0 Å². The molecule has 2 aromatic heterocycles. The molecule has 1 N–H and O–H groups in total. The zero-order valence-corrected chi connectivity index (χ0v) is 7.41. The first-order valence-electron chi connectivity index (χ1n) is 4.49. The van der Waals surface area contributed by atoms with Crippen LogP contribution in [0.25, 0.3) is 5.82 Å². The van der Waals surface area contributed by atoms with Crippen molar-refractivity contribution in [1.82, 2.24) is 19.5 Å². The quantitative estimate of drug-likeness (QED) is 0.599. The predicted molar refractivity (Wildman–Crippen MR) is 47.9 cm³/mol. The van der Waals surface area contributed by atoms with Crippen molar-refractivity contribution in [3.05, 3.63) is 29.7 Å². The molecule has 0 amide bonds. The van der Waals surface area contributed by atoms with Crippen LogP contribution in [0.5, 0.6) is 0 Å². The Balaban J connectivity index is 2.20. The van der Waals surface area contributed by atoms with Gasteiger partial charge in [0.1, 0.15) is 11.6 Å². The lowest BCUT2D eigenvalue weighted by molar-refractivity contribution is 0.906. The van der Waals surface area contributed by atoms with Gasteiger partial charge in [-0.1, -0.05) is 6.92 Å². The number of aryl methyl sites for hydroxylation is 1. The maximum Gasteiger partial charge on any atom is 0.160 e. The molecule has 0 saturated heterocycles. The summed E-state index contributed by atoms with van der Waals surface area (Å²) in [6, 6.07) is 0. The summed E-state index contributed by atoms with van der Waals surface area (Å²) in [6.45, 7) is 2.10. The van der Waals surface area contributed by atoms with Crippen LogP contribution < -0.4 is 0 Å². The van der Waals surface area contributed by atoms with E-state index in [0.29, 0.717) is 0 Å². The van der Waals surface area contributed by atoms with Crippen LogP contribution >= 0.6 is 0 Å². The van der Waals surface area contributed by atoms with Crippen LogP contribution in [0.3, 0.4) is 0 Å². The molecule has 0 bridgehead atoms. The third-order valence-electron chi connectivity index (χ3n) is 2.42. The summed E-state index contributed by atoms with van der Waals surface area (Å²) in [5.74, 6) is 3.17. The number of fused-ring (bicyclic) bond motifs is 3. The van der Waals surface area contributed by atoms with Crippen molar-refractivity contribution in [1.29, 1.82) is 0 Å². The molecule has 1 aliphatic rings. The van der Waals surface area contributed by atoms with Gasteiger partial charge < -0.3 is 4.98 Å². The first-order valence-corrected chi connectivity index (χ1v) is 4.49. The van der Waals surface area contributed by atoms with Crippen LogP contribution in [0, 0.1) is 0 Å². The van der Waals surface area contributed by atoms with Gasteiger partial charge in [0.2, 0.25) is 0 Å². The Hall–Kier alpha value is -1.58. The smallest absolute Gasteiger partial charge is 0.160 e. The standard InChI is InChI=1S/C9H10N4/c1-2-7-11-6-5-8-10-3-4-13(8)9(6)12-7/h3-4H,2,5H2,1H3,(H,11,12). The Morgan fingerprint density at radius 3 is 3.38 bits per heavy atom.